The summed E-state index contributed by atoms with van der Waals surface area (Å²) in [6.07, 6.45) is 2.06. The number of para-hydroxylation sites is 1. The van der Waals surface area contributed by atoms with Gasteiger partial charge in [0.05, 0.1) is 16.9 Å². The van der Waals surface area contributed by atoms with Crippen LogP contribution >= 0.6 is 11.6 Å². The standard InChI is InChI=1S/C22H20ClFN2O/c1-15-18(22(27)25-12-4-5-13-25)14-21(16-8-10-17(23)11-9-16)26(15)20-7-3-2-6-19(20)24/h2-3,6-11,14H,4-5,12-13H2,1H3. The minimum atomic E-state index is -0.327. The third kappa shape index (κ3) is 3.26. The SMILES string of the molecule is Cc1c(C(=O)N2CCCC2)cc(-c2ccc(Cl)cc2)n1-c1ccccc1F. The lowest BCUT2D eigenvalue weighted by Crippen LogP contribution is -2.27. The van der Waals surface area contributed by atoms with Crippen LogP contribution in [0, 0.1) is 12.7 Å². The van der Waals surface area contributed by atoms with Crippen molar-refractivity contribution in [2.24, 2.45) is 0 Å². The van der Waals surface area contributed by atoms with Gasteiger partial charge in [-0.25, -0.2) is 4.39 Å². The maximum atomic E-state index is 14.6. The molecule has 1 aliphatic heterocycles. The van der Waals surface area contributed by atoms with Crippen LogP contribution in [0.5, 0.6) is 0 Å². The molecule has 0 radical (unpaired) electrons. The van der Waals surface area contributed by atoms with E-state index < -0.39 is 0 Å². The van der Waals surface area contributed by atoms with Crippen LogP contribution in [0.1, 0.15) is 28.9 Å². The molecular formula is C22H20ClFN2O. The van der Waals surface area contributed by atoms with Crippen LogP contribution < -0.4 is 0 Å². The fourth-order valence-electron chi connectivity index (χ4n) is 3.69. The van der Waals surface area contributed by atoms with Crippen molar-refractivity contribution in [2.75, 3.05) is 13.1 Å². The lowest BCUT2D eigenvalue weighted by Gasteiger charge is -2.16. The van der Waals surface area contributed by atoms with Gasteiger partial charge in [0, 0.05) is 23.8 Å². The number of rotatable bonds is 3. The number of halogens is 2. The molecular weight excluding hydrogens is 363 g/mol. The van der Waals surface area contributed by atoms with E-state index in [-0.39, 0.29) is 11.7 Å². The second-order valence-corrected chi connectivity index (χ2v) is 7.26. The van der Waals surface area contributed by atoms with E-state index in [0.29, 0.717) is 16.3 Å². The first-order valence-corrected chi connectivity index (χ1v) is 9.46. The first-order chi connectivity index (χ1) is 13.1. The first-order valence-electron chi connectivity index (χ1n) is 9.09. The number of hydrogen-bond donors (Lipinski definition) is 0. The average molecular weight is 383 g/mol. The molecule has 5 heteroatoms. The molecule has 1 amide bonds. The van der Waals surface area contributed by atoms with Crippen LogP contribution in [0.4, 0.5) is 4.39 Å². The lowest BCUT2D eigenvalue weighted by molar-refractivity contribution is 0.0792. The summed E-state index contributed by atoms with van der Waals surface area (Å²) in [5, 5.41) is 0.632. The summed E-state index contributed by atoms with van der Waals surface area (Å²) in [6.45, 7) is 3.42. The maximum Gasteiger partial charge on any atom is 0.255 e. The van der Waals surface area contributed by atoms with Crippen LogP contribution in [-0.2, 0) is 0 Å². The zero-order valence-electron chi connectivity index (χ0n) is 15.1. The quantitative estimate of drug-likeness (QED) is 0.588. The normalized spacial score (nSPS) is 14.0. The number of carbonyl (C=O) groups excluding carboxylic acids is 1. The predicted molar refractivity (Wildman–Crippen MR) is 106 cm³/mol. The Hall–Kier alpha value is -2.59. The number of likely N-dealkylation sites (tertiary alicyclic amines) is 1. The molecule has 0 aliphatic carbocycles. The molecule has 1 aliphatic rings. The van der Waals surface area contributed by atoms with Gasteiger partial charge in [-0.2, -0.15) is 0 Å². The molecule has 3 aromatic rings. The highest BCUT2D eigenvalue weighted by atomic mass is 35.5. The molecule has 2 heterocycles. The number of amides is 1. The molecule has 0 spiro atoms. The van der Waals surface area contributed by atoms with E-state index in [0.717, 1.165) is 42.9 Å². The summed E-state index contributed by atoms with van der Waals surface area (Å²) >= 11 is 6.03. The number of aromatic nitrogens is 1. The third-order valence-electron chi connectivity index (χ3n) is 5.10. The van der Waals surface area contributed by atoms with Crippen molar-refractivity contribution >= 4 is 17.5 Å². The molecule has 0 saturated carbocycles. The van der Waals surface area contributed by atoms with E-state index in [1.807, 2.05) is 34.6 Å². The van der Waals surface area contributed by atoms with Crippen LogP contribution in [0.25, 0.3) is 16.9 Å². The minimum absolute atomic E-state index is 0.00954. The molecule has 27 heavy (non-hydrogen) atoms. The minimum Gasteiger partial charge on any atom is -0.339 e. The molecule has 1 saturated heterocycles. The van der Waals surface area contributed by atoms with Gasteiger partial charge in [0.25, 0.3) is 5.91 Å². The van der Waals surface area contributed by atoms with Crippen molar-refractivity contribution in [1.29, 1.82) is 0 Å². The van der Waals surface area contributed by atoms with Crippen LogP contribution in [-0.4, -0.2) is 28.5 Å². The van der Waals surface area contributed by atoms with Crippen molar-refractivity contribution < 1.29 is 9.18 Å². The Kier molecular flexibility index (Phi) is 4.75. The van der Waals surface area contributed by atoms with E-state index in [1.54, 1.807) is 30.3 Å². The zero-order chi connectivity index (χ0) is 19.0. The smallest absolute Gasteiger partial charge is 0.255 e. The first kappa shape index (κ1) is 17.8. The summed E-state index contributed by atoms with van der Waals surface area (Å²) in [5.41, 5.74) is 3.44. The second-order valence-electron chi connectivity index (χ2n) is 6.82. The topological polar surface area (TPSA) is 25.2 Å². The monoisotopic (exact) mass is 382 g/mol. The summed E-state index contributed by atoms with van der Waals surface area (Å²) in [4.78, 5) is 14.9. The van der Waals surface area contributed by atoms with Gasteiger partial charge in [-0.3, -0.25) is 4.79 Å². The molecule has 4 rings (SSSR count). The average Bonchev–Trinajstić information content (AvgIpc) is 3.31. The Bertz CT molecular complexity index is 988. The molecule has 1 fully saturated rings. The van der Waals surface area contributed by atoms with E-state index >= 15 is 0 Å². The van der Waals surface area contributed by atoms with Gasteiger partial charge < -0.3 is 9.47 Å². The van der Waals surface area contributed by atoms with Crippen LogP contribution in [0.2, 0.25) is 5.02 Å². The largest absolute Gasteiger partial charge is 0.339 e. The van der Waals surface area contributed by atoms with Crippen molar-refractivity contribution in [3.05, 3.63) is 76.7 Å². The highest BCUT2D eigenvalue weighted by Crippen LogP contribution is 2.32. The van der Waals surface area contributed by atoms with Crippen molar-refractivity contribution in [3.63, 3.8) is 0 Å². The van der Waals surface area contributed by atoms with Crippen LogP contribution in [0.15, 0.2) is 54.6 Å². The third-order valence-corrected chi connectivity index (χ3v) is 5.36. The maximum absolute atomic E-state index is 14.6. The molecule has 0 unspecified atom stereocenters. The summed E-state index contributed by atoms with van der Waals surface area (Å²) in [5.74, 6) is -0.318. The van der Waals surface area contributed by atoms with Gasteiger partial charge in [-0.05, 0) is 55.7 Å². The Morgan fingerprint density at radius 2 is 1.70 bits per heavy atom. The molecule has 3 nitrogen and oxygen atoms in total. The fourth-order valence-corrected chi connectivity index (χ4v) is 3.82. The highest BCUT2D eigenvalue weighted by molar-refractivity contribution is 6.30. The van der Waals surface area contributed by atoms with Crippen molar-refractivity contribution in [1.82, 2.24) is 9.47 Å². The van der Waals surface area contributed by atoms with E-state index in [2.05, 4.69) is 0 Å². The van der Waals surface area contributed by atoms with Crippen molar-refractivity contribution in [3.8, 4) is 16.9 Å². The Labute approximate surface area is 163 Å². The summed E-state index contributed by atoms with van der Waals surface area (Å²) < 4.78 is 16.4. The molecule has 0 N–H and O–H groups in total. The summed E-state index contributed by atoms with van der Waals surface area (Å²) in [6, 6.07) is 15.9. The summed E-state index contributed by atoms with van der Waals surface area (Å²) in [7, 11) is 0. The van der Waals surface area contributed by atoms with E-state index in [1.165, 1.54) is 6.07 Å². The highest BCUT2D eigenvalue weighted by Gasteiger charge is 2.26. The molecule has 0 atom stereocenters. The van der Waals surface area contributed by atoms with Gasteiger partial charge in [-0.1, -0.05) is 35.9 Å². The van der Waals surface area contributed by atoms with E-state index in [4.69, 9.17) is 11.6 Å². The van der Waals surface area contributed by atoms with Gasteiger partial charge in [-0.15, -0.1) is 0 Å². The molecule has 2 aromatic carbocycles. The molecule has 0 bridgehead atoms. The fraction of sp³-hybridized carbons (Fsp3) is 0.227. The van der Waals surface area contributed by atoms with E-state index in [9.17, 15) is 9.18 Å². The van der Waals surface area contributed by atoms with Gasteiger partial charge in [0.1, 0.15) is 5.82 Å². The Morgan fingerprint density at radius 3 is 2.37 bits per heavy atom. The van der Waals surface area contributed by atoms with Gasteiger partial charge in [0.2, 0.25) is 0 Å². The van der Waals surface area contributed by atoms with Crippen LogP contribution in [0.3, 0.4) is 0 Å². The number of benzene rings is 2. The Morgan fingerprint density at radius 1 is 1.04 bits per heavy atom. The molecule has 1 aromatic heterocycles. The molecule has 138 valence electrons. The van der Waals surface area contributed by atoms with Gasteiger partial charge >= 0.3 is 0 Å². The van der Waals surface area contributed by atoms with Gasteiger partial charge in [0.15, 0.2) is 0 Å². The Balaban J connectivity index is 1.90. The number of carbonyl (C=O) groups is 1. The predicted octanol–water partition coefficient (Wildman–Crippen LogP) is 5.48. The lowest BCUT2D eigenvalue weighted by atomic mass is 10.1. The second kappa shape index (κ2) is 7.20. The number of nitrogens with zero attached hydrogens (tertiary/aromatic N) is 2. The van der Waals surface area contributed by atoms with Crippen molar-refractivity contribution in [2.45, 2.75) is 19.8 Å². The zero-order valence-corrected chi connectivity index (χ0v) is 15.8. The number of hydrogen-bond acceptors (Lipinski definition) is 1.